The molecule has 1 aromatic carbocycles. The lowest BCUT2D eigenvalue weighted by Crippen LogP contribution is -2.34. The Morgan fingerprint density at radius 3 is 3.00 bits per heavy atom. The third-order valence-corrected chi connectivity index (χ3v) is 5.67. The van der Waals surface area contributed by atoms with E-state index in [0.717, 1.165) is 23.9 Å². The van der Waals surface area contributed by atoms with Gasteiger partial charge in [0.1, 0.15) is 0 Å². The van der Waals surface area contributed by atoms with Crippen LogP contribution in [0.5, 0.6) is 0 Å². The molecular weight excluding hydrogens is 344 g/mol. The minimum Gasteiger partial charge on any atom is -0.364 e. The number of fused-ring (bicyclic) bond motifs is 1. The first-order chi connectivity index (χ1) is 10.1. The van der Waals surface area contributed by atoms with Crippen molar-refractivity contribution >= 4 is 33.0 Å². The summed E-state index contributed by atoms with van der Waals surface area (Å²) in [6.07, 6.45) is 2.06. The van der Waals surface area contributed by atoms with Gasteiger partial charge in [-0.2, -0.15) is 0 Å². The fraction of sp³-hybridized carbons (Fsp3) is 0.412. The van der Waals surface area contributed by atoms with Gasteiger partial charge in [-0.25, -0.2) is 0 Å². The molecule has 2 N–H and O–H groups in total. The second-order valence-corrected chi connectivity index (χ2v) is 7.79. The summed E-state index contributed by atoms with van der Waals surface area (Å²) >= 11 is 5.51. The van der Waals surface area contributed by atoms with E-state index in [9.17, 15) is 0 Å². The van der Waals surface area contributed by atoms with Crippen molar-refractivity contribution in [1.82, 2.24) is 0 Å². The van der Waals surface area contributed by atoms with Crippen LogP contribution >= 0.6 is 27.3 Å². The first-order valence-corrected chi connectivity index (χ1v) is 9.10. The van der Waals surface area contributed by atoms with Crippen LogP contribution < -0.4 is 10.6 Å². The van der Waals surface area contributed by atoms with Gasteiger partial charge in [0.15, 0.2) is 0 Å². The average Bonchev–Trinajstić information content (AvgIpc) is 2.90. The second kappa shape index (κ2) is 6.11. The number of anilines is 1. The summed E-state index contributed by atoms with van der Waals surface area (Å²) in [5.74, 6) is 0. The monoisotopic (exact) mass is 364 g/mol. The SMILES string of the molecule is CC(N)Cc1ccc(Br)cc1N1CCc2sccc2C1C. The molecule has 0 spiro atoms. The van der Waals surface area contributed by atoms with Gasteiger partial charge in [0.2, 0.25) is 0 Å². The Labute approximate surface area is 139 Å². The zero-order chi connectivity index (χ0) is 15.0. The highest BCUT2D eigenvalue weighted by molar-refractivity contribution is 9.10. The second-order valence-electron chi connectivity index (χ2n) is 5.87. The third-order valence-electron chi connectivity index (χ3n) is 4.18. The Bertz CT molecular complexity index is 635. The van der Waals surface area contributed by atoms with Crippen molar-refractivity contribution in [2.45, 2.75) is 38.8 Å². The summed E-state index contributed by atoms with van der Waals surface area (Å²) in [6, 6.07) is 9.46. The summed E-state index contributed by atoms with van der Waals surface area (Å²) in [7, 11) is 0. The summed E-state index contributed by atoms with van der Waals surface area (Å²) < 4.78 is 1.13. The maximum atomic E-state index is 6.03. The van der Waals surface area contributed by atoms with Crippen LogP contribution in [0.25, 0.3) is 0 Å². The van der Waals surface area contributed by atoms with Gasteiger partial charge in [-0.1, -0.05) is 22.0 Å². The lowest BCUT2D eigenvalue weighted by atomic mass is 9.97. The molecule has 21 heavy (non-hydrogen) atoms. The summed E-state index contributed by atoms with van der Waals surface area (Å²) in [5.41, 5.74) is 10.2. The molecule has 1 aliphatic heterocycles. The van der Waals surface area contributed by atoms with Gasteiger partial charge in [0.25, 0.3) is 0 Å². The lowest BCUT2D eigenvalue weighted by Gasteiger charge is -2.37. The molecule has 2 atom stereocenters. The van der Waals surface area contributed by atoms with Crippen LogP contribution in [0.1, 0.15) is 35.9 Å². The molecule has 2 unspecified atom stereocenters. The maximum Gasteiger partial charge on any atom is 0.0525 e. The molecular formula is C17H21BrN2S. The number of halogens is 1. The molecule has 0 saturated heterocycles. The van der Waals surface area contributed by atoms with Crippen LogP contribution in [0.3, 0.4) is 0 Å². The maximum absolute atomic E-state index is 6.03. The zero-order valence-corrected chi connectivity index (χ0v) is 14.9. The molecule has 2 nitrogen and oxygen atoms in total. The van der Waals surface area contributed by atoms with Crippen molar-refractivity contribution in [2.24, 2.45) is 5.73 Å². The minimum atomic E-state index is 0.182. The van der Waals surface area contributed by atoms with Crippen molar-refractivity contribution in [3.63, 3.8) is 0 Å². The van der Waals surface area contributed by atoms with E-state index in [1.54, 1.807) is 4.88 Å². The van der Waals surface area contributed by atoms with Gasteiger partial charge in [-0.15, -0.1) is 11.3 Å². The first kappa shape index (κ1) is 15.1. The van der Waals surface area contributed by atoms with E-state index >= 15 is 0 Å². The molecule has 1 aliphatic rings. The average molecular weight is 365 g/mol. The lowest BCUT2D eigenvalue weighted by molar-refractivity contribution is 0.626. The normalized spacial score (nSPS) is 19.4. The van der Waals surface area contributed by atoms with Crippen LogP contribution in [0, 0.1) is 0 Å². The highest BCUT2D eigenvalue weighted by Gasteiger charge is 2.26. The standard InChI is InChI=1S/C17H21BrN2S/c1-11(19)9-13-3-4-14(18)10-16(13)20-7-5-17-15(12(20)2)6-8-21-17/h3-4,6,8,10-12H,5,7,9,19H2,1-2H3. The number of hydrogen-bond donors (Lipinski definition) is 1. The largest absolute Gasteiger partial charge is 0.364 e. The number of rotatable bonds is 3. The van der Waals surface area contributed by atoms with E-state index < -0.39 is 0 Å². The van der Waals surface area contributed by atoms with E-state index in [0.29, 0.717) is 6.04 Å². The van der Waals surface area contributed by atoms with Crippen molar-refractivity contribution in [3.05, 3.63) is 50.1 Å². The van der Waals surface area contributed by atoms with Gasteiger partial charge in [-0.3, -0.25) is 0 Å². The minimum absolute atomic E-state index is 0.182. The Morgan fingerprint density at radius 1 is 1.43 bits per heavy atom. The van der Waals surface area contributed by atoms with E-state index in [2.05, 4.69) is 64.3 Å². The molecule has 2 heterocycles. The van der Waals surface area contributed by atoms with Crippen LogP contribution in [-0.4, -0.2) is 12.6 Å². The first-order valence-electron chi connectivity index (χ1n) is 7.43. The van der Waals surface area contributed by atoms with Crippen LogP contribution in [0.4, 0.5) is 5.69 Å². The molecule has 1 aromatic heterocycles. The number of nitrogens with two attached hydrogens (primary N) is 1. The molecule has 0 saturated carbocycles. The molecule has 4 heteroatoms. The molecule has 2 aromatic rings. The van der Waals surface area contributed by atoms with Gasteiger partial charge < -0.3 is 10.6 Å². The topological polar surface area (TPSA) is 29.3 Å². The predicted octanol–water partition coefficient (Wildman–Crippen LogP) is 4.52. The predicted molar refractivity (Wildman–Crippen MR) is 95.3 cm³/mol. The van der Waals surface area contributed by atoms with E-state index in [4.69, 9.17) is 5.73 Å². The molecule has 112 valence electrons. The Balaban J connectivity index is 1.98. The quantitative estimate of drug-likeness (QED) is 0.866. The molecule has 0 aliphatic carbocycles. The fourth-order valence-electron chi connectivity index (χ4n) is 3.16. The highest BCUT2D eigenvalue weighted by Crippen LogP contribution is 2.38. The van der Waals surface area contributed by atoms with E-state index in [1.165, 1.54) is 16.8 Å². The number of thiophene rings is 1. The Morgan fingerprint density at radius 2 is 2.24 bits per heavy atom. The molecule has 3 rings (SSSR count). The number of hydrogen-bond acceptors (Lipinski definition) is 3. The number of benzene rings is 1. The Hall–Kier alpha value is -0.840. The highest BCUT2D eigenvalue weighted by atomic mass is 79.9. The van der Waals surface area contributed by atoms with Crippen molar-refractivity contribution in [2.75, 3.05) is 11.4 Å². The smallest absolute Gasteiger partial charge is 0.0525 e. The molecule has 0 bridgehead atoms. The van der Waals surface area contributed by atoms with Gasteiger partial charge in [-0.05, 0) is 61.4 Å². The van der Waals surface area contributed by atoms with Crippen LogP contribution in [0.15, 0.2) is 34.1 Å². The number of nitrogens with zero attached hydrogens (tertiary/aromatic N) is 1. The molecule has 0 amide bonds. The Kier molecular flexibility index (Phi) is 4.38. The summed E-state index contributed by atoms with van der Waals surface area (Å²) in [6.45, 7) is 5.46. The van der Waals surface area contributed by atoms with E-state index in [1.807, 2.05) is 11.3 Å². The third kappa shape index (κ3) is 3.03. The zero-order valence-electron chi connectivity index (χ0n) is 12.5. The fourth-order valence-corrected chi connectivity index (χ4v) is 4.47. The molecule has 0 radical (unpaired) electrons. The van der Waals surface area contributed by atoms with Crippen LogP contribution in [0.2, 0.25) is 0 Å². The van der Waals surface area contributed by atoms with Crippen molar-refractivity contribution in [1.29, 1.82) is 0 Å². The van der Waals surface area contributed by atoms with Gasteiger partial charge in [0, 0.05) is 27.6 Å². The van der Waals surface area contributed by atoms with E-state index in [-0.39, 0.29) is 6.04 Å². The van der Waals surface area contributed by atoms with Crippen molar-refractivity contribution in [3.8, 4) is 0 Å². The summed E-state index contributed by atoms with van der Waals surface area (Å²) in [4.78, 5) is 4.07. The van der Waals surface area contributed by atoms with Gasteiger partial charge >= 0.3 is 0 Å². The molecule has 0 fully saturated rings. The summed E-state index contributed by atoms with van der Waals surface area (Å²) in [5, 5.41) is 2.22. The van der Waals surface area contributed by atoms with Crippen molar-refractivity contribution < 1.29 is 0 Å². The van der Waals surface area contributed by atoms with Crippen LogP contribution in [-0.2, 0) is 12.8 Å². The van der Waals surface area contributed by atoms with Gasteiger partial charge in [0.05, 0.1) is 6.04 Å².